The summed E-state index contributed by atoms with van der Waals surface area (Å²) in [6.07, 6.45) is 1.80. The van der Waals surface area contributed by atoms with E-state index in [2.05, 4.69) is 28.8 Å². The Hall–Kier alpha value is -1.42. The summed E-state index contributed by atoms with van der Waals surface area (Å²) in [7, 11) is 2.15. The van der Waals surface area contributed by atoms with Crippen molar-refractivity contribution in [2.75, 3.05) is 31.6 Å². The highest BCUT2D eigenvalue weighted by molar-refractivity contribution is 5.92. The van der Waals surface area contributed by atoms with Gasteiger partial charge in [-0.3, -0.25) is 9.78 Å². The van der Waals surface area contributed by atoms with Gasteiger partial charge in [-0.15, -0.1) is 0 Å². The van der Waals surface area contributed by atoms with E-state index in [9.17, 15) is 4.79 Å². The molecule has 4 nitrogen and oxygen atoms in total. The highest BCUT2D eigenvalue weighted by Gasteiger charge is 2.20. The van der Waals surface area contributed by atoms with Gasteiger partial charge in [-0.2, -0.15) is 0 Å². The molecular weight excluding hydrogens is 214 g/mol. The number of carbonyl (C=O) groups is 1. The lowest BCUT2D eigenvalue weighted by molar-refractivity contribution is 0.101. The lowest BCUT2D eigenvalue weighted by Gasteiger charge is -2.38. The van der Waals surface area contributed by atoms with Crippen molar-refractivity contribution >= 4 is 11.5 Å². The second kappa shape index (κ2) is 4.84. The number of hydrogen-bond acceptors (Lipinski definition) is 4. The van der Waals surface area contributed by atoms with Gasteiger partial charge in [-0.1, -0.05) is 0 Å². The molecule has 1 aromatic heterocycles. The van der Waals surface area contributed by atoms with Crippen molar-refractivity contribution in [2.24, 2.45) is 0 Å². The average molecular weight is 233 g/mol. The summed E-state index contributed by atoms with van der Waals surface area (Å²) in [5, 5.41) is 0. The molecule has 1 atom stereocenters. The van der Waals surface area contributed by atoms with Crippen molar-refractivity contribution in [3.8, 4) is 0 Å². The molecule has 0 aromatic carbocycles. The Bertz CT molecular complexity index is 402. The summed E-state index contributed by atoms with van der Waals surface area (Å²) in [6.45, 7) is 6.86. The second-order valence-electron chi connectivity index (χ2n) is 4.73. The van der Waals surface area contributed by atoms with Crippen molar-refractivity contribution in [1.82, 2.24) is 9.88 Å². The Morgan fingerprint density at radius 3 is 2.71 bits per heavy atom. The van der Waals surface area contributed by atoms with E-state index >= 15 is 0 Å². The van der Waals surface area contributed by atoms with Gasteiger partial charge in [-0.05, 0) is 26.1 Å². The Kier molecular flexibility index (Phi) is 3.43. The molecule has 0 amide bonds. The molecule has 0 saturated carbocycles. The summed E-state index contributed by atoms with van der Waals surface area (Å²) < 4.78 is 0. The van der Waals surface area contributed by atoms with E-state index in [0.29, 0.717) is 11.7 Å². The van der Waals surface area contributed by atoms with Gasteiger partial charge in [0.25, 0.3) is 0 Å². The summed E-state index contributed by atoms with van der Waals surface area (Å²) in [6, 6.07) is 4.35. The first-order valence-electron chi connectivity index (χ1n) is 6.00. The normalized spacial score (nSPS) is 21.6. The number of Topliss-reactive ketones (excluding diaryl/α,β-unsaturated/α-hetero) is 1. The first kappa shape index (κ1) is 12.0. The third-order valence-corrected chi connectivity index (χ3v) is 3.43. The molecule has 1 aliphatic heterocycles. The van der Waals surface area contributed by atoms with E-state index in [1.807, 2.05) is 6.07 Å². The van der Waals surface area contributed by atoms with Crippen molar-refractivity contribution in [3.63, 3.8) is 0 Å². The standard InChI is InChI=1S/C13H19N3O/c1-10-9-16(7-6-15(10)3)12-4-5-13(11(2)17)14-8-12/h4-5,8,10H,6-7,9H2,1-3H3. The molecule has 1 aromatic rings. The van der Waals surface area contributed by atoms with Crippen LogP contribution in [0.3, 0.4) is 0 Å². The average Bonchev–Trinajstić information content (AvgIpc) is 2.33. The highest BCUT2D eigenvalue weighted by Crippen LogP contribution is 2.17. The third kappa shape index (κ3) is 2.64. The van der Waals surface area contributed by atoms with Gasteiger partial charge < -0.3 is 9.80 Å². The van der Waals surface area contributed by atoms with Crippen LogP contribution in [0.25, 0.3) is 0 Å². The van der Waals surface area contributed by atoms with Crippen LogP contribution in [-0.2, 0) is 0 Å². The van der Waals surface area contributed by atoms with Crippen LogP contribution in [0.15, 0.2) is 18.3 Å². The Balaban J connectivity index is 2.10. The van der Waals surface area contributed by atoms with Gasteiger partial charge in [0, 0.05) is 32.6 Å². The van der Waals surface area contributed by atoms with Crippen LogP contribution < -0.4 is 4.90 Å². The maximum absolute atomic E-state index is 11.1. The minimum atomic E-state index is 0.0169. The third-order valence-electron chi connectivity index (χ3n) is 3.43. The fourth-order valence-electron chi connectivity index (χ4n) is 2.06. The molecule has 2 heterocycles. The number of likely N-dealkylation sites (N-methyl/N-ethyl adjacent to an activating group) is 1. The molecule has 4 heteroatoms. The molecule has 0 aliphatic carbocycles. The zero-order chi connectivity index (χ0) is 12.4. The van der Waals surface area contributed by atoms with Crippen LogP contribution in [0.4, 0.5) is 5.69 Å². The van der Waals surface area contributed by atoms with Gasteiger partial charge in [-0.25, -0.2) is 0 Å². The molecule has 0 bridgehead atoms. The number of piperazine rings is 1. The number of aromatic nitrogens is 1. The van der Waals surface area contributed by atoms with Crippen LogP contribution in [-0.4, -0.2) is 48.4 Å². The van der Waals surface area contributed by atoms with Crippen molar-refractivity contribution in [1.29, 1.82) is 0 Å². The molecule has 0 radical (unpaired) electrons. The van der Waals surface area contributed by atoms with E-state index in [4.69, 9.17) is 0 Å². The number of rotatable bonds is 2. The van der Waals surface area contributed by atoms with Gasteiger partial charge >= 0.3 is 0 Å². The van der Waals surface area contributed by atoms with Crippen LogP contribution in [0.2, 0.25) is 0 Å². The highest BCUT2D eigenvalue weighted by atomic mass is 16.1. The molecule has 0 N–H and O–H groups in total. The Labute approximate surface area is 102 Å². The lowest BCUT2D eigenvalue weighted by atomic mass is 10.2. The van der Waals surface area contributed by atoms with E-state index < -0.39 is 0 Å². The van der Waals surface area contributed by atoms with Crippen LogP contribution in [0, 0.1) is 0 Å². The molecule has 92 valence electrons. The topological polar surface area (TPSA) is 36.4 Å². The monoisotopic (exact) mass is 233 g/mol. The molecule has 1 saturated heterocycles. The number of anilines is 1. The zero-order valence-electron chi connectivity index (χ0n) is 10.7. The van der Waals surface area contributed by atoms with Gasteiger partial charge in [0.1, 0.15) is 5.69 Å². The molecule has 1 fully saturated rings. The largest absolute Gasteiger partial charge is 0.367 e. The smallest absolute Gasteiger partial charge is 0.178 e. The SMILES string of the molecule is CC(=O)c1ccc(N2CCN(C)C(C)C2)cn1. The van der Waals surface area contributed by atoms with E-state index in [0.717, 1.165) is 25.3 Å². The first-order valence-corrected chi connectivity index (χ1v) is 6.00. The maximum atomic E-state index is 11.1. The Morgan fingerprint density at radius 2 is 2.18 bits per heavy atom. The number of hydrogen-bond donors (Lipinski definition) is 0. The molecule has 17 heavy (non-hydrogen) atoms. The second-order valence-corrected chi connectivity index (χ2v) is 4.73. The van der Waals surface area contributed by atoms with Gasteiger partial charge in [0.15, 0.2) is 5.78 Å². The molecular formula is C13H19N3O. The van der Waals surface area contributed by atoms with E-state index in [-0.39, 0.29) is 5.78 Å². The van der Waals surface area contributed by atoms with Crippen molar-refractivity contribution < 1.29 is 4.79 Å². The summed E-state index contributed by atoms with van der Waals surface area (Å²) >= 11 is 0. The minimum Gasteiger partial charge on any atom is -0.367 e. The molecule has 2 rings (SSSR count). The fraction of sp³-hybridized carbons (Fsp3) is 0.538. The van der Waals surface area contributed by atoms with E-state index in [1.54, 1.807) is 19.2 Å². The summed E-state index contributed by atoms with van der Waals surface area (Å²) in [4.78, 5) is 20.0. The summed E-state index contributed by atoms with van der Waals surface area (Å²) in [5.41, 5.74) is 1.64. The van der Waals surface area contributed by atoms with Crippen molar-refractivity contribution in [2.45, 2.75) is 19.9 Å². The predicted octanol–water partition coefficient (Wildman–Crippen LogP) is 1.42. The molecule has 1 aliphatic rings. The number of nitrogens with zero attached hydrogens (tertiary/aromatic N) is 3. The maximum Gasteiger partial charge on any atom is 0.178 e. The van der Waals surface area contributed by atoms with Crippen LogP contribution in [0.5, 0.6) is 0 Å². The quantitative estimate of drug-likeness (QED) is 0.724. The summed E-state index contributed by atoms with van der Waals surface area (Å²) in [5.74, 6) is 0.0169. The van der Waals surface area contributed by atoms with E-state index in [1.165, 1.54) is 0 Å². The first-order chi connectivity index (χ1) is 8.08. The van der Waals surface area contributed by atoms with Crippen LogP contribution >= 0.6 is 0 Å². The lowest BCUT2D eigenvalue weighted by Crippen LogP contribution is -2.50. The number of pyridine rings is 1. The number of carbonyl (C=O) groups excluding carboxylic acids is 1. The fourth-order valence-corrected chi connectivity index (χ4v) is 2.06. The zero-order valence-corrected chi connectivity index (χ0v) is 10.7. The molecule has 1 unspecified atom stereocenters. The van der Waals surface area contributed by atoms with Crippen LogP contribution in [0.1, 0.15) is 24.3 Å². The van der Waals surface area contributed by atoms with Gasteiger partial charge in [0.2, 0.25) is 0 Å². The minimum absolute atomic E-state index is 0.0169. The number of ketones is 1. The predicted molar refractivity (Wildman–Crippen MR) is 68.5 cm³/mol. The Morgan fingerprint density at radius 1 is 1.41 bits per heavy atom. The van der Waals surface area contributed by atoms with Gasteiger partial charge in [0.05, 0.1) is 11.9 Å². The molecule has 0 spiro atoms. The van der Waals surface area contributed by atoms with Crippen molar-refractivity contribution in [3.05, 3.63) is 24.0 Å².